The maximum Gasteiger partial charge on any atom is 0.297 e. The number of aliphatic hydroxyl groups is 1. The quantitative estimate of drug-likeness (QED) is 0.566. The van der Waals surface area contributed by atoms with Gasteiger partial charge in [0.25, 0.3) is 5.91 Å². The number of pyridine rings is 1. The first-order valence-corrected chi connectivity index (χ1v) is 7.60. The number of rotatable bonds is 7. The fourth-order valence-electron chi connectivity index (χ4n) is 2.38. The number of halogens is 1. The van der Waals surface area contributed by atoms with Crippen LogP contribution in [-0.2, 0) is 18.0 Å². The molecule has 2 rings (SSSR count). The smallest absolute Gasteiger partial charge is 0.297 e. The lowest BCUT2D eigenvalue weighted by atomic mass is 10.0. The molecule has 0 fully saturated rings. The van der Waals surface area contributed by atoms with E-state index in [1.807, 2.05) is 6.92 Å². The monoisotopic (exact) mass is 349 g/mol. The molecule has 25 heavy (non-hydrogen) atoms. The topological polar surface area (TPSA) is 104 Å². The van der Waals surface area contributed by atoms with Crippen molar-refractivity contribution in [2.45, 2.75) is 26.1 Å². The summed E-state index contributed by atoms with van der Waals surface area (Å²) in [5.41, 5.74) is 3.47. The average molecular weight is 349 g/mol. The summed E-state index contributed by atoms with van der Waals surface area (Å²) in [6.45, 7) is 1.83. The number of aliphatic hydroxyl groups excluding tert-OH is 1. The number of amides is 1. The van der Waals surface area contributed by atoms with Crippen LogP contribution in [0, 0.1) is 5.82 Å². The summed E-state index contributed by atoms with van der Waals surface area (Å²) in [5, 5.41) is 23.0. The van der Waals surface area contributed by atoms with Crippen LogP contribution >= 0.6 is 0 Å². The second-order valence-electron chi connectivity index (χ2n) is 5.41. The second-order valence-corrected chi connectivity index (χ2v) is 5.41. The number of nitrogens with zero attached hydrogens (tertiary/aromatic N) is 1. The van der Waals surface area contributed by atoms with E-state index in [0.29, 0.717) is 12.1 Å². The molecule has 0 saturated carbocycles. The van der Waals surface area contributed by atoms with E-state index in [0.717, 1.165) is 5.56 Å². The second kappa shape index (κ2) is 8.52. The van der Waals surface area contributed by atoms with Gasteiger partial charge in [-0.1, -0.05) is 12.1 Å². The number of carbonyl (C=O) groups excluding carboxylic acids is 1. The van der Waals surface area contributed by atoms with Gasteiger partial charge in [-0.05, 0) is 30.2 Å². The SMILES string of the molecule is CONC(=O)c1ncc(C(C)NCc2ccc(F)cc2)c(CO)c1O. The van der Waals surface area contributed by atoms with Gasteiger partial charge in [0, 0.05) is 24.3 Å². The standard InChI is InChI=1S/C17H20FN3O4/c1-10(19-7-11-3-5-12(18)6-4-11)13-8-20-15(17(24)21-25-2)16(23)14(13)9-22/h3-6,8,10,19,22-23H,7,9H2,1-2H3,(H,21,24). The summed E-state index contributed by atoms with van der Waals surface area (Å²) in [7, 11) is 1.26. The van der Waals surface area contributed by atoms with Crippen LogP contribution in [0.3, 0.4) is 0 Å². The van der Waals surface area contributed by atoms with Gasteiger partial charge < -0.3 is 15.5 Å². The van der Waals surface area contributed by atoms with Gasteiger partial charge in [-0.3, -0.25) is 9.63 Å². The van der Waals surface area contributed by atoms with Crippen molar-refractivity contribution in [3.8, 4) is 5.75 Å². The van der Waals surface area contributed by atoms with Crippen molar-refractivity contribution in [1.82, 2.24) is 15.8 Å². The van der Waals surface area contributed by atoms with Crippen LogP contribution in [-0.4, -0.2) is 28.2 Å². The molecule has 1 unspecified atom stereocenters. The zero-order valence-corrected chi connectivity index (χ0v) is 13.9. The van der Waals surface area contributed by atoms with E-state index in [2.05, 4.69) is 20.6 Å². The summed E-state index contributed by atoms with van der Waals surface area (Å²) < 4.78 is 12.9. The maximum absolute atomic E-state index is 12.9. The zero-order chi connectivity index (χ0) is 18.4. The van der Waals surface area contributed by atoms with Gasteiger partial charge in [-0.25, -0.2) is 14.9 Å². The lowest BCUT2D eigenvalue weighted by Crippen LogP contribution is -2.25. The number of benzene rings is 1. The van der Waals surface area contributed by atoms with E-state index in [-0.39, 0.29) is 23.1 Å². The molecule has 1 amide bonds. The Bertz CT molecular complexity index is 737. The predicted octanol–water partition coefficient (Wildman–Crippen LogP) is 1.56. The predicted molar refractivity (Wildman–Crippen MR) is 88.0 cm³/mol. The van der Waals surface area contributed by atoms with Crippen molar-refractivity contribution in [3.05, 3.63) is 58.7 Å². The zero-order valence-electron chi connectivity index (χ0n) is 13.9. The van der Waals surface area contributed by atoms with Gasteiger partial charge in [0.05, 0.1) is 13.7 Å². The Labute approximate surface area is 144 Å². The number of aromatic nitrogens is 1. The fraction of sp³-hybridized carbons (Fsp3) is 0.294. The molecular weight excluding hydrogens is 329 g/mol. The highest BCUT2D eigenvalue weighted by molar-refractivity contribution is 5.94. The first kappa shape index (κ1) is 18.8. The van der Waals surface area contributed by atoms with E-state index >= 15 is 0 Å². The Morgan fingerprint density at radius 3 is 2.64 bits per heavy atom. The van der Waals surface area contributed by atoms with Crippen LogP contribution < -0.4 is 10.8 Å². The Morgan fingerprint density at radius 2 is 2.04 bits per heavy atom. The number of hydrogen-bond acceptors (Lipinski definition) is 6. The highest BCUT2D eigenvalue weighted by atomic mass is 19.1. The Balaban J connectivity index is 2.18. The largest absolute Gasteiger partial charge is 0.505 e. The molecule has 1 atom stereocenters. The number of carbonyl (C=O) groups is 1. The maximum atomic E-state index is 12.9. The van der Waals surface area contributed by atoms with Crippen LogP contribution in [0.25, 0.3) is 0 Å². The molecule has 134 valence electrons. The third kappa shape index (κ3) is 4.50. The normalized spacial score (nSPS) is 12.0. The molecule has 1 aromatic heterocycles. The highest BCUT2D eigenvalue weighted by Gasteiger charge is 2.21. The number of aromatic hydroxyl groups is 1. The summed E-state index contributed by atoms with van der Waals surface area (Å²) >= 11 is 0. The third-order valence-electron chi connectivity index (χ3n) is 3.75. The van der Waals surface area contributed by atoms with E-state index < -0.39 is 18.3 Å². The minimum absolute atomic E-state index is 0.204. The molecule has 0 spiro atoms. The molecule has 0 aliphatic carbocycles. The molecule has 0 saturated heterocycles. The summed E-state index contributed by atoms with van der Waals surface area (Å²) in [6, 6.07) is 5.80. The van der Waals surface area contributed by atoms with Gasteiger partial charge in [0.1, 0.15) is 5.82 Å². The van der Waals surface area contributed by atoms with Crippen LogP contribution in [0.5, 0.6) is 5.75 Å². The average Bonchev–Trinajstić information content (AvgIpc) is 2.60. The molecular formula is C17H20FN3O4. The van der Waals surface area contributed by atoms with Gasteiger partial charge >= 0.3 is 0 Å². The van der Waals surface area contributed by atoms with Crippen LogP contribution in [0.1, 0.15) is 40.1 Å². The van der Waals surface area contributed by atoms with Crippen molar-refractivity contribution in [3.63, 3.8) is 0 Å². The number of hydrogen-bond donors (Lipinski definition) is 4. The first-order valence-electron chi connectivity index (χ1n) is 7.60. The van der Waals surface area contributed by atoms with Crippen LogP contribution in [0.15, 0.2) is 30.5 Å². The van der Waals surface area contributed by atoms with Crippen molar-refractivity contribution in [2.24, 2.45) is 0 Å². The van der Waals surface area contributed by atoms with Crippen molar-refractivity contribution in [2.75, 3.05) is 7.11 Å². The summed E-state index contributed by atoms with van der Waals surface area (Å²) in [6.07, 6.45) is 1.41. The molecule has 0 bridgehead atoms. The number of hydroxylamine groups is 1. The van der Waals surface area contributed by atoms with Gasteiger partial charge in [0.15, 0.2) is 11.4 Å². The summed E-state index contributed by atoms with van der Waals surface area (Å²) in [4.78, 5) is 20.2. The van der Waals surface area contributed by atoms with Crippen LogP contribution in [0.4, 0.5) is 4.39 Å². The molecule has 0 aliphatic heterocycles. The third-order valence-corrected chi connectivity index (χ3v) is 3.75. The lowest BCUT2D eigenvalue weighted by molar-refractivity contribution is 0.0529. The molecule has 0 aliphatic rings. The first-order chi connectivity index (χ1) is 12.0. The van der Waals surface area contributed by atoms with Gasteiger partial charge in [-0.2, -0.15) is 0 Å². The van der Waals surface area contributed by atoms with Crippen molar-refractivity contribution < 1.29 is 24.2 Å². The van der Waals surface area contributed by atoms with Crippen LogP contribution in [0.2, 0.25) is 0 Å². The highest BCUT2D eigenvalue weighted by Crippen LogP contribution is 2.28. The molecule has 1 aromatic carbocycles. The Kier molecular flexibility index (Phi) is 6.40. The molecule has 0 radical (unpaired) electrons. The molecule has 2 aromatic rings. The Morgan fingerprint density at radius 1 is 1.36 bits per heavy atom. The molecule has 4 N–H and O–H groups in total. The van der Waals surface area contributed by atoms with E-state index in [9.17, 15) is 19.4 Å². The lowest BCUT2D eigenvalue weighted by Gasteiger charge is -2.19. The van der Waals surface area contributed by atoms with Gasteiger partial charge in [0.2, 0.25) is 0 Å². The number of nitrogens with one attached hydrogen (secondary N) is 2. The van der Waals surface area contributed by atoms with E-state index in [1.54, 1.807) is 12.1 Å². The fourth-order valence-corrected chi connectivity index (χ4v) is 2.38. The van der Waals surface area contributed by atoms with Crippen molar-refractivity contribution >= 4 is 5.91 Å². The summed E-state index contributed by atoms with van der Waals surface area (Å²) in [5.74, 6) is -1.42. The molecule has 7 nitrogen and oxygen atoms in total. The Hall–Kier alpha value is -2.55. The van der Waals surface area contributed by atoms with E-state index in [4.69, 9.17) is 0 Å². The minimum atomic E-state index is -0.715. The van der Waals surface area contributed by atoms with Crippen molar-refractivity contribution in [1.29, 1.82) is 0 Å². The molecule has 8 heteroatoms. The minimum Gasteiger partial charge on any atom is -0.505 e. The van der Waals surface area contributed by atoms with E-state index in [1.165, 1.54) is 25.4 Å². The molecule has 1 heterocycles. The van der Waals surface area contributed by atoms with Gasteiger partial charge in [-0.15, -0.1) is 0 Å².